The van der Waals surface area contributed by atoms with Crippen molar-refractivity contribution in [3.63, 3.8) is 0 Å². The van der Waals surface area contributed by atoms with Gasteiger partial charge in [0.15, 0.2) is 0 Å². The lowest BCUT2D eigenvalue weighted by Gasteiger charge is -2.24. The van der Waals surface area contributed by atoms with E-state index in [9.17, 15) is 14.8 Å². The fourth-order valence-corrected chi connectivity index (χ4v) is 1.51. The number of aliphatic carboxylic acids is 1. The maximum Gasteiger partial charge on any atom is 0.318 e. The topological polar surface area (TPSA) is 77.8 Å². The fourth-order valence-electron chi connectivity index (χ4n) is 1.25. The number of carbonyl (C=O) groups is 2. The molecule has 18 heavy (non-hydrogen) atoms. The van der Waals surface area contributed by atoms with Crippen molar-refractivity contribution in [2.24, 2.45) is 5.41 Å². The van der Waals surface area contributed by atoms with Gasteiger partial charge < -0.3 is 5.11 Å². The number of carboxylic acids is 1. The highest BCUT2D eigenvalue weighted by Crippen LogP contribution is 2.20. The maximum absolute atomic E-state index is 11.8. The van der Waals surface area contributed by atoms with Crippen LogP contribution in [0.2, 0.25) is 0 Å². The summed E-state index contributed by atoms with van der Waals surface area (Å²) in [6, 6.07) is 7.01. The number of rotatable bonds is 4. The predicted molar refractivity (Wildman–Crippen MR) is 67.9 cm³/mol. The van der Waals surface area contributed by atoms with E-state index in [1.807, 2.05) is 0 Å². The lowest BCUT2D eigenvalue weighted by molar-refractivity contribution is -0.183. The number of hydrogen-bond donors (Lipinski definition) is 2. The van der Waals surface area contributed by atoms with E-state index in [4.69, 9.17) is 5.11 Å². The molecule has 0 radical (unpaired) electrons. The molecule has 0 fully saturated rings. The van der Waals surface area contributed by atoms with Gasteiger partial charge >= 0.3 is 5.97 Å². The van der Waals surface area contributed by atoms with Crippen molar-refractivity contribution in [2.45, 2.75) is 20.4 Å². The second-order valence-electron chi connectivity index (χ2n) is 4.42. The highest BCUT2D eigenvalue weighted by Gasteiger charge is 2.39. The summed E-state index contributed by atoms with van der Waals surface area (Å²) in [4.78, 5) is 22.7. The number of carboxylic acid groups (broad SMARTS) is 1. The van der Waals surface area contributed by atoms with Crippen molar-refractivity contribution in [3.8, 4) is 0 Å². The first-order chi connectivity index (χ1) is 8.25. The van der Waals surface area contributed by atoms with Crippen LogP contribution in [-0.2, 0) is 16.1 Å². The Morgan fingerprint density at radius 2 is 1.78 bits per heavy atom. The van der Waals surface area contributed by atoms with Crippen molar-refractivity contribution in [3.05, 3.63) is 34.3 Å². The van der Waals surface area contributed by atoms with Gasteiger partial charge in [0.05, 0.1) is 6.54 Å². The lowest BCUT2D eigenvalue weighted by atomic mass is 9.92. The first-order valence-corrected chi connectivity index (χ1v) is 6.03. The molecule has 0 heterocycles. The van der Waals surface area contributed by atoms with E-state index >= 15 is 0 Å². The minimum absolute atomic E-state index is 0.0528. The normalized spacial score (nSPS) is 11.1. The van der Waals surface area contributed by atoms with Gasteiger partial charge in [0.1, 0.15) is 5.41 Å². The van der Waals surface area contributed by atoms with Crippen LogP contribution in [0.1, 0.15) is 19.4 Å². The van der Waals surface area contributed by atoms with Crippen LogP contribution in [-0.4, -0.2) is 27.3 Å². The molecule has 0 atom stereocenters. The Hall–Kier alpha value is -1.40. The molecular weight excluding hydrogens is 302 g/mol. The molecule has 6 heteroatoms. The van der Waals surface area contributed by atoms with Gasteiger partial charge in [0, 0.05) is 4.47 Å². The predicted octanol–water partition coefficient (Wildman–Crippen LogP) is 2.28. The number of benzene rings is 1. The van der Waals surface area contributed by atoms with Crippen molar-refractivity contribution in [2.75, 3.05) is 0 Å². The summed E-state index contributed by atoms with van der Waals surface area (Å²) in [6.07, 6.45) is 0. The van der Waals surface area contributed by atoms with E-state index in [0.29, 0.717) is 10.6 Å². The van der Waals surface area contributed by atoms with Crippen molar-refractivity contribution in [1.82, 2.24) is 5.06 Å². The summed E-state index contributed by atoms with van der Waals surface area (Å²) >= 11 is 3.27. The highest BCUT2D eigenvalue weighted by atomic mass is 79.9. The third-order valence-corrected chi connectivity index (χ3v) is 3.08. The minimum atomic E-state index is -1.65. The summed E-state index contributed by atoms with van der Waals surface area (Å²) in [5, 5.41) is 19.0. The van der Waals surface area contributed by atoms with Crippen LogP contribution < -0.4 is 0 Å². The second kappa shape index (κ2) is 5.49. The zero-order valence-corrected chi connectivity index (χ0v) is 11.6. The molecule has 0 aliphatic heterocycles. The average molecular weight is 316 g/mol. The van der Waals surface area contributed by atoms with Gasteiger partial charge in [-0.2, -0.15) is 0 Å². The Labute approximate surface area is 113 Å². The smallest absolute Gasteiger partial charge is 0.318 e. The summed E-state index contributed by atoms with van der Waals surface area (Å²) < 4.78 is 0.882. The molecule has 0 unspecified atom stereocenters. The third kappa shape index (κ3) is 3.30. The molecule has 0 spiro atoms. The van der Waals surface area contributed by atoms with Gasteiger partial charge in [0.25, 0.3) is 5.91 Å². The highest BCUT2D eigenvalue weighted by molar-refractivity contribution is 9.10. The largest absolute Gasteiger partial charge is 0.480 e. The van der Waals surface area contributed by atoms with Crippen molar-refractivity contribution >= 4 is 27.8 Å². The zero-order valence-electron chi connectivity index (χ0n) is 10.1. The number of hydrogen-bond acceptors (Lipinski definition) is 3. The molecule has 98 valence electrons. The van der Waals surface area contributed by atoms with Gasteiger partial charge in [0.2, 0.25) is 0 Å². The quantitative estimate of drug-likeness (QED) is 0.507. The number of hydroxylamine groups is 2. The molecule has 1 amide bonds. The number of halogens is 1. The molecule has 0 saturated heterocycles. The molecule has 0 aliphatic carbocycles. The standard InChI is InChI=1S/C12H14BrNO4/c1-12(2,11(16)17)10(15)14(18)7-8-3-5-9(13)6-4-8/h3-6,18H,7H2,1-2H3,(H,16,17). The Bertz CT molecular complexity index is 456. The molecule has 5 nitrogen and oxygen atoms in total. The van der Waals surface area contributed by atoms with Gasteiger partial charge in [-0.15, -0.1) is 0 Å². The van der Waals surface area contributed by atoms with E-state index in [1.165, 1.54) is 13.8 Å². The number of carbonyl (C=O) groups excluding carboxylic acids is 1. The third-order valence-electron chi connectivity index (χ3n) is 2.55. The van der Waals surface area contributed by atoms with Crippen LogP contribution >= 0.6 is 15.9 Å². The second-order valence-corrected chi connectivity index (χ2v) is 5.34. The lowest BCUT2D eigenvalue weighted by Crippen LogP contribution is -2.43. The van der Waals surface area contributed by atoms with Crippen LogP contribution in [0.5, 0.6) is 0 Å². The van der Waals surface area contributed by atoms with Gasteiger partial charge in [-0.3, -0.25) is 14.8 Å². The van der Waals surface area contributed by atoms with Crippen LogP contribution in [0.25, 0.3) is 0 Å². The van der Waals surface area contributed by atoms with Crippen LogP contribution in [0.3, 0.4) is 0 Å². The minimum Gasteiger partial charge on any atom is -0.480 e. The van der Waals surface area contributed by atoms with Gasteiger partial charge in [-0.05, 0) is 31.5 Å². The van der Waals surface area contributed by atoms with Crippen LogP contribution in [0.4, 0.5) is 0 Å². The Kier molecular flexibility index (Phi) is 4.48. The molecule has 1 aromatic rings. The Balaban J connectivity index is 2.77. The monoisotopic (exact) mass is 315 g/mol. The van der Waals surface area contributed by atoms with Crippen LogP contribution in [0, 0.1) is 5.41 Å². The first kappa shape index (κ1) is 14.7. The van der Waals surface area contributed by atoms with Gasteiger partial charge in [-0.1, -0.05) is 28.1 Å². The Morgan fingerprint density at radius 1 is 1.28 bits per heavy atom. The molecule has 1 aromatic carbocycles. The molecule has 0 bridgehead atoms. The first-order valence-electron chi connectivity index (χ1n) is 5.24. The summed E-state index contributed by atoms with van der Waals surface area (Å²) in [5.41, 5.74) is -0.945. The van der Waals surface area contributed by atoms with E-state index in [2.05, 4.69) is 15.9 Å². The Morgan fingerprint density at radius 3 is 2.22 bits per heavy atom. The molecule has 0 aromatic heterocycles. The molecule has 2 N–H and O–H groups in total. The van der Waals surface area contributed by atoms with E-state index in [1.54, 1.807) is 24.3 Å². The van der Waals surface area contributed by atoms with Gasteiger partial charge in [-0.25, -0.2) is 5.06 Å². The molecule has 0 aliphatic rings. The number of nitrogens with zero attached hydrogens (tertiary/aromatic N) is 1. The summed E-state index contributed by atoms with van der Waals surface area (Å²) in [6.45, 7) is 2.45. The summed E-state index contributed by atoms with van der Waals surface area (Å²) in [7, 11) is 0. The van der Waals surface area contributed by atoms with Crippen molar-refractivity contribution in [1.29, 1.82) is 0 Å². The van der Waals surface area contributed by atoms with Crippen molar-refractivity contribution < 1.29 is 19.9 Å². The van der Waals surface area contributed by atoms with E-state index in [-0.39, 0.29) is 6.54 Å². The van der Waals surface area contributed by atoms with E-state index < -0.39 is 17.3 Å². The average Bonchev–Trinajstić information content (AvgIpc) is 2.30. The fraction of sp³-hybridized carbons (Fsp3) is 0.333. The number of amides is 1. The zero-order chi connectivity index (χ0) is 13.9. The van der Waals surface area contributed by atoms with Crippen LogP contribution in [0.15, 0.2) is 28.7 Å². The molecule has 0 saturated carbocycles. The molecular formula is C12H14BrNO4. The summed E-state index contributed by atoms with van der Waals surface area (Å²) in [5.74, 6) is -2.12. The SMILES string of the molecule is CC(C)(C(=O)O)C(=O)N(O)Cc1ccc(Br)cc1. The van der Waals surface area contributed by atoms with E-state index in [0.717, 1.165) is 4.47 Å². The molecule has 1 rings (SSSR count). The maximum atomic E-state index is 11.8.